The summed E-state index contributed by atoms with van der Waals surface area (Å²) in [5.74, 6) is -0.371. The van der Waals surface area contributed by atoms with E-state index in [4.69, 9.17) is 37.8 Å². The van der Waals surface area contributed by atoms with Gasteiger partial charge >= 0.3 is 5.69 Å². The Morgan fingerprint density at radius 1 is 1.19 bits per heavy atom. The van der Waals surface area contributed by atoms with Gasteiger partial charge in [-0.15, -0.1) is 0 Å². The molecule has 0 aliphatic rings. The number of nitrogens with two attached hydrogens (primary N) is 1. The smallest absolute Gasteiger partial charge is 0.312 e. The molecular formula is C10H12Cl2N2O6S. The molecule has 21 heavy (non-hydrogen) atoms. The molecule has 0 saturated heterocycles. The van der Waals surface area contributed by atoms with Gasteiger partial charge in [-0.3, -0.25) is 10.1 Å². The Morgan fingerprint density at radius 3 is 2.38 bits per heavy atom. The molecule has 0 aromatic heterocycles. The van der Waals surface area contributed by atoms with Crippen LogP contribution in [0.2, 0.25) is 10.0 Å². The van der Waals surface area contributed by atoms with Gasteiger partial charge in [-0.05, 0) is 0 Å². The van der Waals surface area contributed by atoms with Crippen LogP contribution in [0.15, 0.2) is 12.1 Å². The molecule has 0 heterocycles. The van der Waals surface area contributed by atoms with E-state index in [2.05, 4.69) is 0 Å². The molecule has 11 heteroatoms. The summed E-state index contributed by atoms with van der Waals surface area (Å²) in [6, 6.07) is 2.31. The van der Waals surface area contributed by atoms with Gasteiger partial charge in [0.1, 0.15) is 6.61 Å². The van der Waals surface area contributed by atoms with E-state index in [9.17, 15) is 18.5 Å². The Kier molecular flexibility index (Phi) is 6.62. The van der Waals surface area contributed by atoms with Gasteiger partial charge in [0.25, 0.3) is 0 Å². The number of sulfonamides is 1. The molecule has 2 N–H and O–H groups in total. The number of rotatable bonds is 8. The summed E-state index contributed by atoms with van der Waals surface area (Å²) in [6.45, 7) is -0.0813. The van der Waals surface area contributed by atoms with Crippen LogP contribution >= 0.6 is 23.2 Å². The maximum Gasteiger partial charge on any atom is 0.312 e. The molecule has 8 nitrogen and oxygen atoms in total. The van der Waals surface area contributed by atoms with Crippen LogP contribution in [0.5, 0.6) is 5.75 Å². The molecule has 0 fully saturated rings. The third kappa shape index (κ3) is 6.44. The molecular weight excluding hydrogens is 347 g/mol. The van der Waals surface area contributed by atoms with Gasteiger partial charge in [0, 0.05) is 12.1 Å². The second kappa shape index (κ2) is 7.76. The third-order valence-electron chi connectivity index (χ3n) is 2.20. The van der Waals surface area contributed by atoms with Crippen LogP contribution in [0.3, 0.4) is 0 Å². The Balaban J connectivity index is 2.52. The lowest BCUT2D eigenvalue weighted by Crippen LogP contribution is -2.21. The van der Waals surface area contributed by atoms with E-state index in [1.807, 2.05) is 0 Å². The fourth-order valence-corrected chi connectivity index (χ4v) is 1.93. The Morgan fingerprint density at radius 2 is 1.81 bits per heavy atom. The van der Waals surface area contributed by atoms with Crippen molar-refractivity contribution in [3.8, 4) is 5.75 Å². The number of halogens is 2. The number of nitrogens with zero attached hydrogens (tertiary/aromatic N) is 1. The fourth-order valence-electron chi connectivity index (χ4n) is 1.26. The van der Waals surface area contributed by atoms with Crippen molar-refractivity contribution < 1.29 is 22.8 Å². The number of benzene rings is 1. The van der Waals surface area contributed by atoms with Crippen molar-refractivity contribution in [2.75, 3.05) is 25.6 Å². The first-order valence-electron chi connectivity index (χ1n) is 5.55. The Labute approximate surface area is 130 Å². The van der Waals surface area contributed by atoms with Gasteiger partial charge in [-0.25, -0.2) is 13.6 Å². The lowest BCUT2D eigenvalue weighted by Gasteiger charge is -2.08. The Bertz CT molecular complexity index is 622. The van der Waals surface area contributed by atoms with Gasteiger partial charge in [-0.2, -0.15) is 0 Å². The average molecular weight is 359 g/mol. The lowest BCUT2D eigenvalue weighted by molar-refractivity contribution is -0.385. The van der Waals surface area contributed by atoms with Crippen molar-refractivity contribution in [2.24, 2.45) is 5.14 Å². The molecule has 0 aliphatic heterocycles. The summed E-state index contributed by atoms with van der Waals surface area (Å²) in [5.41, 5.74) is -0.325. The van der Waals surface area contributed by atoms with Crippen LogP contribution < -0.4 is 9.88 Å². The van der Waals surface area contributed by atoms with Crippen molar-refractivity contribution in [1.29, 1.82) is 0 Å². The predicted molar refractivity (Wildman–Crippen MR) is 77.4 cm³/mol. The largest absolute Gasteiger partial charge is 0.484 e. The zero-order chi connectivity index (χ0) is 16.0. The van der Waals surface area contributed by atoms with Crippen LogP contribution in [0.4, 0.5) is 5.69 Å². The van der Waals surface area contributed by atoms with Crippen molar-refractivity contribution in [2.45, 2.75) is 0 Å². The SMILES string of the molecule is NS(=O)(=O)CCOCCOc1cc(Cl)c(Cl)cc1[N+](=O)[O-]. The number of primary sulfonamides is 1. The van der Waals surface area contributed by atoms with E-state index in [1.54, 1.807) is 0 Å². The third-order valence-corrected chi connectivity index (χ3v) is 3.65. The minimum absolute atomic E-state index is 0.0244. The van der Waals surface area contributed by atoms with Crippen LogP contribution in [-0.2, 0) is 14.8 Å². The molecule has 0 bridgehead atoms. The van der Waals surface area contributed by atoms with Gasteiger partial charge < -0.3 is 9.47 Å². The highest BCUT2D eigenvalue weighted by Gasteiger charge is 2.18. The van der Waals surface area contributed by atoms with Crippen LogP contribution in [0.1, 0.15) is 0 Å². The Hall–Kier alpha value is -1.13. The number of ether oxygens (including phenoxy) is 2. The van der Waals surface area contributed by atoms with E-state index < -0.39 is 14.9 Å². The van der Waals surface area contributed by atoms with Gasteiger partial charge in [0.05, 0.1) is 33.9 Å². The lowest BCUT2D eigenvalue weighted by atomic mass is 10.3. The highest BCUT2D eigenvalue weighted by Crippen LogP contribution is 2.35. The van der Waals surface area contributed by atoms with E-state index in [0.29, 0.717) is 0 Å². The monoisotopic (exact) mass is 358 g/mol. The van der Waals surface area contributed by atoms with Gasteiger partial charge in [0.2, 0.25) is 10.0 Å². The second-order valence-corrected chi connectivity index (χ2v) is 6.37. The van der Waals surface area contributed by atoms with Gasteiger partial charge in [-0.1, -0.05) is 23.2 Å². The minimum atomic E-state index is -3.58. The molecule has 1 rings (SSSR count). The number of hydrogen-bond donors (Lipinski definition) is 1. The summed E-state index contributed by atoms with van der Waals surface area (Å²) < 4.78 is 31.4. The molecule has 118 valence electrons. The van der Waals surface area contributed by atoms with Crippen LogP contribution in [0, 0.1) is 10.1 Å². The van der Waals surface area contributed by atoms with Crippen LogP contribution in [0.25, 0.3) is 0 Å². The summed E-state index contributed by atoms with van der Waals surface area (Å²) in [4.78, 5) is 10.2. The van der Waals surface area contributed by atoms with Crippen molar-refractivity contribution in [3.63, 3.8) is 0 Å². The first-order chi connectivity index (χ1) is 9.70. The summed E-state index contributed by atoms with van der Waals surface area (Å²) in [7, 11) is -3.58. The first-order valence-corrected chi connectivity index (χ1v) is 8.02. The molecule has 0 unspecified atom stereocenters. The normalized spacial score (nSPS) is 11.4. The standard InChI is InChI=1S/C10H12Cl2N2O6S/c11-7-5-9(14(15)16)10(6-8(7)12)20-2-1-19-3-4-21(13,17)18/h5-6H,1-4H2,(H2,13,17,18). The number of hydrogen-bond acceptors (Lipinski definition) is 6. The molecule has 0 spiro atoms. The molecule has 1 aromatic carbocycles. The zero-order valence-electron chi connectivity index (χ0n) is 10.6. The molecule has 0 atom stereocenters. The highest BCUT2D eigenvalue weighted by molar-refractivity contribution is 7.89. The number of nitro benzene ring substituents is 1. The number of nitro groups is 1. The van der Waals surface area contributed by atoms with Crippen molar-refractivity contribution in [3.05, 3.63) is 32.3 Å². The molecule has 1 aromatic rings. The van der Waals surface area contributed by atoms with E-state index >= 15 is 0 Å². The maximum absolute atomic E-state index is 10.8. The predicted octanol–water partition coefficient (Wildman–Crippen LogP) is 1.59. The van der Waals surface area contributed by atoms with E-state index in [0.717, 1.165) is 6.07 Å². The molecule has 0 aliphatic carbocycles. The summed E-state index contributed by atoms with van der Waals surface area (Å²) >= 11 is 11.4. The molecule has 0 amide bonds. The summed E-state index contributed by atoms with van der Waals surface area (Å²) in [5, 5.41) is 15.8. The minimum Gasteiger partial charge on any atom is -0.484 e. The van der Waals surface area contributed by atoms with Gasteiger partial charge in [0.15, 0.2) is 5.75 Å². The highest BCUT2D eigenvalue weighted by atomic mass is 35.5. The molecule has 0 saturated carbocycles. The van der Waals surface area contributed by atoms with E-state index in [-0.39, 0.29) is 47.1 Å². The topological polar surface area (TPSA) is 122 Å². The second-order valence-electron chi connectivity index (χ2n) is 3.82. The summed E-state index contributed by atoms with van der Waals surface area (Å²) in [6.07, 6.45) is 0. The van der Waals surface area contributed by atoms with E-state index in [1.165, 1.54) is 6.07 Å². The maximum atomic E-state index is 10.8. The zero-order valence-corrected chi connectivity index (χ0v) is 12.9. The fraction of sp³-hybridized carbons (Fsp3) is 0.400. The quantitative estimate of drug-likeness (QED) is 0.427. The molecule has 0 radical (unpaired) electrons. The van der Waals surface area contributed by atoms with Crippen LogP contribution in [-0.4, -0.2) is 38.9 Å². The van der Waals surface area contributed by atoms with Crippen molar-refractivity contribution >= 4 is 38.9 Å². The van der Waals surface area contributed by atoms with Crippen molar-refractivity contribution in [1.82, 2.24) is 0 Å². The first kappa shape index (κ1) is 17.9. The average Bonchev–Trinajstić information content (AvgIpc) is 2.35.